The molecule has 3 rings (SSSR count). The van der Waals surface area contributed by atoms with Crippen LogP contribution in [-0.4, -0.2) is 39.1 Å². The zero-order chi connectivity index (χ0) is 18.0. The Bertz CT molecular complexity index is 775. The number of benzene rings is 1. The minimum absolute atomic E-state index is 0.0547. The quantitative estimate of drug-likeness (QED) is 0.603. The Morgan fingerprint density at radius 1 is 1.16 bits per heavy atom. The van der Waals surface area contributed by atoms with Crippen molar-refractivity contribution in [3.63, 3.8) is 0 Å². The number of carbonyl (C=O) groups is 1. The van der Waals surface area contributed by atoms with Gasteiger partial charge in [-0.05, 0) is 32.3 Å². The first kappa shape index (κ1) is 18.0. The third-order valence-electron chi connectivity index (χ3n) is 4.13. The summed E-state index contributed by atoms with van der Waals surface area (Å²) in [5, 5.41) is 0.215. The molecule has 1 atom stereocenters. The first-order chi connectivity index (χ1) is 11.9. The largest absolute Gasteiger partial charge is 0.451 e. The van der Waals surface area contributed by atoms with Gasteiger partial charge in [0, 0.05) is 18.5 Å². The number of halogens is 3. The second kappa shape index (κ2) is 7.19. The smallest absolute Gasteiger partial charge is 0.342 e. The van der Waals surface area contributed by atoms with E-state index in [2.05, 4.69) is 9.97 Å². The Hall–Kier alpha value is -1.83. The number of piperidine rings is 1. The van der Waals surface area contributed by atoms with E-state index in [1.807, 2.05) is 0 Å². The van der Waals surface area contributed by atoms with Gasteiger partial charge in [-0.15, -0.1) is 0 Å². The zero-order valence-electron chi connectivity index (χ0n) is 13.7. The summed E-state index contributed by atoms with van der Waals surface area (Å²) in [6, 6.07) is 6.55. The number of thioether (sulfide) groups is 1. The van der Waals surface area contributed by atoms with Crippen LogP contribution >= 0.6 is 11.8 Å². The highest BCUT2D eigenvalue weighted by molar-refractivity contribution is 8.00. The minimum atomic E-state index is -4.63. The summed E-state index contributed by atoms with van der Waals surface area (Å²) in [6.07, 6.45) is -1.58. The number of amides is 1. The van der Waals surface area contributed by atoms with E-state index >= 15 is 0 Å². The third kappa shape index (κ3) is 4.05. The van der Waals surface area contributed by atoms with Crippen LogP contribution in [0.15, 0.2) is 29.3 Å². The van der Waals surface area contributed by atoms with Crippen molar-refractivity contribution in [2.75, 3.05) is 13.1 Å². The van der Waals surface area contributed by atoms with Crippen LogP contribution in [-0.2, 0) is 11.0 Å². The molecule has 1 fully saturated rings. The van der Waals surface area contributed by atoms with E-state index in [0.717, 1.165) is 31.0 Å². The lowest BCUT2D eigenvalue weighted by atomic mass is 10.1. The first-order valence-corrected chi connectivity index (χ1v) is 9.03. The molecule has 0 bridgehead atoms. The predicted octanol–water partition coefficient (Wildman–Crippen LogP) is 4.14. The molecule has 0 spiro atoms. The summed E-state index contributed by atoms with van der Waals surface area (Å²) < 4.78 is 39.2. The molecule has 25 heavy (non-hydrogen) atoms. The third-order valence-corrected chi connectivity index (χ3v) is 5.22. The van der Waals surface area contributed by atoms with Gasteiger partial charge in [0.05, 0.1) is 10.8 Å². The summed E-state index contributed by atoms with van der Waals surface area (Å²) in [5.74, 6) is -1.23. The molecule has 1 aliphatic rings. The van der Waals surface area contributed by atoms with Crippen LogP contribution in [0.4, 0.5) is 13.2 Å². The second-order valence-electron chi connectivity index (χ2n) is 6.01. The molecule has 1 aliphatic heterocycles. The maximum absolute atomic E-state index is 13.1. The molecule has 0 radical (unpaired) electrons. The van der Waals surface area contributed by atoms with Crippen molar-refractivity contribution >= 4 is 28.6 Å². The summed E-state index contributed by atoms with van der Waals surface area (Å²) >= 11 is 1.06. The highest BCUT2D eigenvalue weighted by Crippen LogP contribution is 2.34. The normalized spacial score (nSPS) is 16.9. The molecule has 0 unspecified atom stereocenters. The number of alkyl halides is 3. The van der Waals surface area contributed by atoms with Crippen molar-refractivity contribution in [3.05, 3.63) is 30.1 Å². The van der Waals surface area contributed by atoms with Crippen LogP contribution in [0.5, 0.6) is 0 Å². The molecule has 2 heterocycles. The molecule has 1 saturated heterocycles. The van der Waals surface area contributed by atoms with Gasteiger partial charge in [-0.1, -0.05) is 30.0 Å². The number of rotatable bonds is 3. The van der Waals surface area contributed by atoms with Crippen molar-refractivity contribution in [2.45, 2.75) is 42.6 Å². The maximum atomic E-state index is 13.1. The van der Waals surface area contributed by atoms with Crippen LogP contribution in [0.1, 0.15) is 32.0 Å². The monoisotopic (exact) mass is 369 g/mol. The van der Waals surface area contributed by atoms with Crippen molar-refractivity contribution in [2.24, 2.45) is 0 Å². The number of fused-ring (bicyclic) bond motifs is 1. The van der Waals surface area contributed by atoms with Gasteiger partial charge in [0.2, 0.25) is 11.7 Å². The fourth-order valence-corrected chi connectivity index (χ4v) is 3.88. The van der Waals surface area contributed by atoms with E-state index in [4.69, 9.17) is 0 Å². The van der Waals surface area contributed by atoms with Gasteiger partial charge in [0.25, 0.3) is 0 Å². The Morgan fingerprint density at radius 3 is 2.52 bits per heavy atom. The SMILES string of the molecule is C[C@@H](Sc1nc(C(F)(F)F)nc2ccccc12)C(=O)N1CCCCC1. The van der Waals surface area contributed by atoms with Crippen molar-refractivity contribution in [1.29, 1.82) is 0 Å². The summed E-state index contributed by atoms with van der Waals surface area (Å²) in [7, 11) is 0. The lowest BCUT2D eigenvalue weighted by Gasteiger charge is -2.29. The van der Waals surface area contributed by atoms with Crippen LogP contribution < -0.4 is 0 Å². The Labute approximate surface area is 147 Å². The van der Waals surface area contributed by atoms with E-state index in [0.29, 0.717) is 18.5 Å². The topological polar surface area (TPSA) is 46.1 Å². The average Bonchev–Trinajstić information content (AvgIpc) is 2.61. The number of likely N-dealkylation sites (tertiary alicyclic amines) is 1. The number of hydrogen-bond acceptors (Lipinski definition) is 4. The zero-order valence-corrected chi connectivity index (χ0v) is 14.5. The van der Waals surface area contributed by atoms with Crippen LogP contribution in [0.2, 0.25) is 0 Å². The van der Waals surface area contributed by atoms with Crippen molar-refractivity contribution < 1.29 is 18.0 Å². The first-order valence-electron chi connectivity index (χ1n) is 8.15. The molecule has 0 aliphatic carbocycles. The van der Waals surface area contributed by atoms with Gasteiger partial charge in [-0.2, -0.15) is 13.2 Å². The van der Waals surface area contributed by atoms with E-state index in [1.54, 1.807) is 30.0 Å². The molecule has 1 aromatic heterocycles. The van der Waals surface area contributed by atoms with Crippen molar-refractivity contribution in [1.82, 2.24) is 14.9 Å². The molecule has 4 nitrogen and oxygen atoms in total. The van der Waals surface area contributed by atoms with Gasteiger partial charge < -0.3 is 4.90 Å². The van der Waals surface area contributed by atoms with Gasteiger partial charge >= 0.3 is 6.18 Å². The number of aromatic nitrogens is 2. The average molecular weight is 369 g/mol. The maximum Gasteiger partial charge on any atom is 0.451 e. The predicted molar refractivity (Wildman–Crippen MR) is 90.3 cm³/mol. The standard InChI is InChI=1S/C17H18F3N3OS/c1-11(15(24)23-9-5-2-6-10-23)25-14-12-7-3-4-8-13(12)21-16(22-14)17(18,19)20/h3-4,7-8,11H,2,5-6,9-10H2,1H3/t11-/m1/s1. The van der Waals surface area contributed by atoms with Gasteiger partial charge in [0.1, 0.15) is 5.03 Å². The summed E-state index contributed by atoms with van der Waals surface area (Å²) in [6.45, 7) is 3.13. The highest BCUT2D eigenvalue weighted by Gasteiger charge is 2.36. The van der Waals surface area contributed by atoms with E-state index in [9.17, 15) is 18.0 Å². The second-order valence-corrected chi connectivity index (χ2v) is 7.34. The molecular formula is C17H18F3N3OS. The Balaban J connectivity index is 1.90. The van der Waals surface area contributed by atoms with E-state index in [-0.39, 0.29) is 16.4 Å². The highest BCUT2D eigenvalue weighted by atomic mass is 32.2. The molecule has 1 amide bonds. The number of para-hydroxylation sites is 1. The van der Waals surface area contributed by atoms with Crippen LogP contribution in [0.3, 0.4) is 0 Å². The molecule has 0 N–H and O–H groups in total. The lowest BCUT2D eigenvalue weighted by molar-refractivity contribution is -0.145. The molecular weight excluding hydrogens is 351 g/mol. The van der Waals surface area contributed by atoms with Gasteiger partial charge in [-0.25, -0.2) is 9.97 Å². The van der Waals surface area contributed by atoms with Crippen molar-refractivity contribution in [3.8, 4) is 0 Å². The number of nitrogens with zero attached hydrogens (tertiary/aromatic N) is 3. The van der Waals surface area contributed by atoms with Crippen LogP contribution in [0, 0.1) is 0 Å². The minimum Gasteiger partial charge on any atom is -0.342 e. The van der Waals surface area contributed by atoms with Gasteiger partial charge in [0.15, 0.2) is 0 Å². The summed E-state index contributed by atoms with van der Waals surface area (Å²) in [4.78, 5) is 21.6. The lowest BCUT2D eigenvalue weighted by Crippen LogP contribution is -2.40. The van der Waals surface area contributed by atoms with E-state index < -0.39 is 17.3 Å². The molecule has 8 heteroatoms. The molecule has 2 aromatic rings. The fourth-order valence-electron chi connectivity index (χ4n) is 2.85. The number of hydrogen-bond donors (Lipinski definition) is 0. The molecule has 0 saturated carbocycles. The van der Waals surface area contributed by atoms with Crippen LogP contribution in [0.25, 0.3) is 10.9 Å². The van der Waals surface area contributed by atoms with E-state index in [1.165, 1.54) is 6.07 Å². The Morgan fingerprint density at radius 2 is 1.84 bits per heavy atom. The fraction of sp³-hybridized carbons (Fsp3) is 0.471. The summed E-state index contributed by atoms with van der Waals surface area (Å²) in [5.41, 5.74) is 0.227. The van der Waals surface area contributed by atoms with Gasteiger partial charge in [-0.3, -0.25) is 4.79 Å². The molecule has 1 aromatic carbocycles. The number of carbonyl (C=O) groups excluding carboxylic acids is 1. The Kier molecular flexibility index (Phi) is 5.17. The molecule has 134 valence electrons.